The van der Waals surface area contributed by atoms with Gasteiger partial charge in [-0.15, -0.1) is 0 Å². The van der Waals surface area contributed by atoms with Gasteiger partial charge in [0, 0.05) is 12.6 Å². The number of carboxylic acids is 1. The fourth-order valence-electron chi connectivity index (χ4n) is 2.11. The van der Waals surface area contributed by atoms with E-state index in [-0.39, 0.29) is 25.6 Å². The molecule has 0 radical (unpaired) electrons. The van der Waals surface area contributed by atoms with Gasteiger partial charge in [-0.05, 0) is 12.0 Å². The molecule has 19 heavy (non-hydrogen) atoms. The van der Waals surface area contributed by atoms with Gasteiger partial charge in [-0.3, -0.25) is 4.90 Å². The van der Waals surface area contributed by atoms with Crippen molar-refractivity contribution in [3.63, 3.8) is 0 Å². The molecule has 0 aromatic heterocycles. The molecule has 2 atom stereocenters. The Kier molecular flexibility index (Phi) is 4.01. The number of rotatable bonds is 3. The lowest BCUT2D eigenvalue weighted by atomic mass is 10.2. The number of carbonyl (C=O) groups is 2. The summed E-state index contributed by atoms with van der Waals surface area (Å²) in [5.41, 5.74) is 6.54. The maximum atomic E-state index is 11.9. The van der Waals surface area contributed by atoms with Crippen LogP contribution < -0.4 is 5.73 Å². The summed E-state index contributed by atoms with van der Waals surface area (Å²) in [7, 11) is 0. The molecule has 1 aromatic carbocycles. The minimum Gasteiger partial charge on any atom is -0.480 e. The first-order valence-corrected chi connectivity index (χ1v) is 6.03. The molecule has 0 unspecified atom stereocenters. The number of carboxylic acid groups (broad SMARTS) is 1. The van der Waals surface area contributed by atoms with Crippen LogP contribution in [0.5, 0.6) is 0 Å². The van der Waals surface area contributed by atoms with Crippen molar-refractivity contribution >= 4 is 12.1 Å². The standard InChI is InChI=1S/C13H16N2O4/c14-10-6-11(12(16)17)15(7-10)13(18)19-8-9-4-2-1-3-5-9/h1-5,10-11H,6-8,14H2,(H,16,17)/t10-,11-/m0/s1. The Labute approximate surface area is 110 Å². The van der Waals surface area contributed by atoms with Crippen molar-refractivity contribution < 1.29 is 19.4 Å². The Bertz CT molecular complexity index is 463. The summed E-state index contributed by atoms with van der Waals surface area (Å²) in [4.78, 5) is 24.1. The fourth-order valence-corrected chi connectivity index (χ4v) is 2.11. The number of nitrogens with zero attached hydrogens (tertiary/aromatic N) is 1. The summed E-state index contributed by atoms with van der Waals surface area (Å²) >= 11 is 0. The van der Waals surface area contributed by atoms with Crippen LogP contribution in [-0.4, -0.2) is 40.7 Å². The molecule has 1 aliphatic rings. The summed E-state index contributed by atoms with van der Waals surface area (Å²) in [5, 5.41) is 9.03. The second kappa shape index (κ2) is 5.71. The number of amides is 1. The number of likely N-dealkylation sites (tertiary alicyclic amines) is 1. The number of hydrogen-bond donors (Lipinski definition) is 2. The molecular formula is C13H16N2O4. The molecule has 6 heteroatoms. The number of hydrogen-bond acceptors (Lipinski definition) is 4. The van der Waals surface area contributed by atoms with Crippen molar-refractivity contribution in [2.24, 2.45) is 5.73 Å². The van der Waals surface area contributed by atoms with Gasteiger partial charge in [-0.2, -0.15) is 0 Å². The maximum absolute atomic E-state index is 11.9. The quantitative estimate of drug-likeness (QED) is 0.842. The number of carbonyl (C=O) groups excluding carboxylic acids is 1. The fraction of sp³-hybridized carbons (Fsp3) is 0.385. The number of ether oxygens (including phenoxy) is 1. The zero-order valence-electron chi connectivity index (χ0n) is 10.4. The van der Waals surface area contributed by atoms with Crippen molar-refractivity contribution in [1.82, 2.24) is 4.90 Å². The van der Waals surface area contributed by atoms with Crippen molar-refractivity contribution in [1.29, 1.82) is 0 Å². The van der Waals surface area contributed by atoms with E-state index >= 15 is 0 Å². The normalized spacial score (nSPS) is 22.3. The lowest BCUT2D eigenvalue weighted by molar-refractivity contribution is -0.141. The van der Waals surface area contributed by atoms with E-state index in [0.29, 0.717) is 0 Å². The van der Waals surface area contributed by atoms with E-state index in [0.717, 1.165) is 5.56 Å². The molecule has 6 nitrogen and oxygen atoms in total. The minimum absolute atomic E-state index is 0.123. The Morgan fingerprint density at radius 3 is 2.68 bits per heavy atom. The molecule has 0 saturated carbocycles. The summed E-state index contributed by atoms with van der Waals surface area (Å²) in [6.07, 6.45) is -0.375. The third-order valence-corrected chi connectivity index (χ3v) is 3.06. The van der Waals surface area contributed by atoms with Gasteiger partial charge in [0.2, 0.25) is 0 Å². The van der Waals surface area contributed by atoms with Gasteiger partial charge in [-0.1, -0.05) is 30.3 Å². The van der Waals surface area contributed by atoms with Gasteiger partial charge in [0.15, 0.2) is 0 Å². The largest absolute Gasteiger partial charge is 0.480 e. The van der Waals surface area contributed by atoms with E-state index in [1.54, 1.807) is 0 Å². The monoisotopic (exact) mass is 264 g/mol. The highest BCUT2D eigenvalue weighted by atomic mass is 16.6. The van der Waals surface area contributed by atoms with E-state index < -0.39 is 18.1 Å². The van der Waals surface area contributed by atoms with Crippen LogP contribution in [0.2, 0.25) is 0 Å². The Hall–Kier alpha value is -2.08. The third kappa shape index (κ3) is 3.23. The summed E-state index contributed by atoms with van der Waals surface area (Å²) < 4.78 is 5.11. The van der Waals surface area contributed by atoms with Gasteiger partial charge in [0.1, 0.15) is 12.6 Å². The average Bonchev–Trinajstić information content (AvgIpc) is 2.79. The molecule has 2 rings (SSSR count). The lowest BCUT2D eigenvalue weighted by Crippen LogP contribution is -2.41. The van der Waals surface area contributed by atoms with Crippen molar-refractivity contribution in [3.05, 3.63) is 35.9 Å². The van der Waals surface area contributed by atoms with Crippen LogP contribution in [-0.2, 0) is 16.1 Å². The van der Waals surface area contributed by atoms with E-state index in [4.69, 9.17) is 15.6 Å². The first-order chi connectivity index (χ1) is 9.08. The molecule has 1 fully saturated rings. The van der Waals surface area contributed by atoms with E-state index in [1.807, 2.05) is 30.3 Å². The van der Waals surface area contributed by atoms with Crippen molar-refractivity contribution in [2.75, 3.05) is 6.54 Å². The molecule has 1 heterocycles. The van der Waals surface area contributed by atoms with Crippen LogP contribution in [0.25, 0.3) is 0 Å². The molecule has 0 aliphatic carbocycles. The van der Waals surface area contributed by atoms with E-state index in [2.05, 4.69) is 0 Å². The van der Waals surface area contributed by atoms with Crippen LogP contribution in [0.4, 0.5) is 4.79 Å². The molecular weight excluding hydrogens is 248 g/mol. The van der Waals surface area contributed by atoms with Crippen LogP contribution in [0, 0.1) is 0 Å². The predicted octanol–water partition coefficient (Wildman–Crippen LogP) is 0.809. The molecule has 102 valence electrons. The average molecular weight is 264 g/mol. The van der Waals surface area contributed by atoms with Gasteiger partial charge in [0.05, 0.1) is 0 Å². The first kappa shape index (κ1) is 13.4. The highest BCUT2D eigenvalue weighted by Crippen LogP contribution is 2.18. The number of benzene rings is 1. The Morgan fingerprint density at radius 1 is 1.37 bits per heavy atom. The van der Waals surface area contributed by atoms with Crippen LogP contribution in [0.3, 0.4) is 0 Å². The molecule has 1 saturated heterocycles. The molecule has 1 aliphatic heterocycles. The summed E-state index contributed by atoms with van der Waals surface area (Å²) in [6.45, 7) is 0.336. The Morgan fingerprint density at radius 2 is 2.05 bits per heavy atom. The van der Waals surface area contributed by atoms with Crippen LogP contribution in [0.1, 0.15) is 12.0 Å². The molecule has 3 N–H and O–H groups in total. The SMILES string of the molecule is N[C@H]1C[C@@H](C(=O)O)N(C(=O)OCc2ccccc2)C1. The zero-order valence-corrected chi connectivity index (χ0v) is 10.4. The smallest absolute Gasteiger partial charge is 0.410 e. The van der Waals surface area contributed by atoms with E-state index in [1.165, 1.54) is 4.90 Å². The third-order valence-electron chi connectivity index (χ3n) is 3.06. The van der Waals surface area contributed by atoms with Gasteiger partial charge in [0.25, 0.3) is 0 Å². The molecule has 0 bridgehead atoms. The topological polar surface area (TPSA) is 92.9 Å². The summed E-state index contributed by atoms with van der Waals surface area (Å²) in [5.74, 6) is -1.05. The minimum atomic E-state index is -1.05. The number of nitrogens with two attached hydrogens (primary N) is 1. The van der Waals surface area contributed by atoms with Gasteiger partial charge in [-0.25, -0.2) is 9.59 Å². The second-order valence-corrected chi connectivity index (χ2v) is 4.54. The summed E-state index contributed by atoms with van der Waals surface area (Å²) in [6, 6.07) is 8.01. The van der Waals surface area contributed by atoms with Crippen molar-refractivity contribution in [3.8, 4) is 0 Å². The van der Waals surface area contributed by atoms with E-state index in [9.17, 15) is 9.59 Å². The van der Waals surface area contributed by atoms with Gasteiger partial charge >= 0.3 is 12.1 Å². The molecule has 1 aromatic rings. The van der Waals surface area contributed by atoms with Crippen LogP contribution >= 0.6 is 0 Å². The number of aliphatic carboxylic acids is 1. The lowest BCUT2D eigenvalue weighted by Gasteiger charge is -2.20. The predicted molar refractivity (Wildman–Crippen MR) is 67.3 cm³/mol. The van der Waals surface area contributed by atoms with Gasteiger partial charge < -0.3 is 15.6 Å². The zero-order chi connectivity index (χ0) is 13.8. The first-order valence-electron chi connectivity index (χ1n) is 6.03. The maximum Gasteiger partial charge on any atom is 0.410 e. The highest BCUT2D eigenvalue weighted by molar-refractivity contribution is 5.81. The van der Waals surface area contributed by atoms with Crippen molar-refractivity contribution in [2.45, 2.75) is 25.1 Å². The second-order valence-electron chi connectivity index (χ2n) is 4.54. The Balaban J connectivity index is 1.94. The van der Waals surface area contributed by atoms with Crippen LogP contribution in [0.15, 0.2) is 30.3 Å². The molecule has 0 spiro atoms. The highest BCUT2D eigenvalue weighted by Gasteiger charge is 2.39. The molecule has 1 amide bonds.